The van der Waals surface area contributed by atoms with Gasteiger partial charge in [-0.25, -0.2) is 0 Å². The average Bonchev–Trinajstić information content (AvgIpc) is 2.88. The zero-order chi connectivity index (χ0) is 19.3. The SMILES string of the molecule is CC1(O)CC23CC1CCC2C1(C)CCC(O)C(C)(C(=O)O)C1C3C(=O)O. The van der Waals surface area contributed by atoms with Gasteiger partial charge in [0.05, 0.1) is 23.0 Å². The zero-order valence-electron chi connectivity index (χ0n) is 15.7. The first-order chi connectivity index (χ1) is 11.9. The molecule has 0 aliphatic heterocycles. The Morgan fingerprint density at radius 3 is 2.27 bits per heavy atom. The van der Waals surface area contributed by atoms with Gasteiger partial charge in [0.15, 0.2) is 0 Å². The molecule has 4 rings (SSSR count). The molecular formula is C20H30O6. The van der Waals surface area contributed by atoms with Gasteiger partial charge in [-0.15, -0.1) is 0 Å². The first kappa shape index (κ1) is 18.2. The molecule has 4 fully saturated rings. The Morgan fingerprint density at radius 1 is 1.04 bits per heavy atom. The smallest absolute Gasteiger partial charge is 0.312 e. The van der Waals surface area contributed by atoms with E-state index < -0.39 is 51.7 Å². The second-order valence-electron chi connectivity index (χ2n) is 10.2. The van der Waals surface area contributed by atoms with Crippen molar-refractivity contribution in [1.82, 2.24) is 0 Å². The minimum atomic E-state index is -1.48. The molecule has 4 aliphatic rings. The van der Waals surface area contributed by atoms with Gasteiger partial charge in [-0.1, -0.05) is 6.92 Å². The summed E-state index contributed by atoms with van der Waals surface area (Å²) >= 11 is 0. The van der Waals surface area contributed by atoms with Gasteiger partial charge >= 0.3 is 11.9 Å². The normalized spacial score (nSPS) is 58.1. The van der Waals surface area contributed by atoms with Crippen LogP contribution >= 0.6 is 0 Å². The van der Waals surface area contributed by atoms with Crippen molar-refractivity contribution in [2.45, 2.75) is 71.0 Å². The predicted octanol–water partition coefficient (Wildman–Crippen LogP) is 2.13. The Kier molecular flexibility index (Phi) is 3.52. The highest BCUT2D eigenvalue weighted by molar-refractivity contribution is 5.80. The molecular weight excluding hydrogens is 336 g/mol. The molecule has 2 bridgehead atoms. The first-order valence-electron chi connectivity index (χ1n) is 9.78. The third kappa shape index (κ3) is 1.85. The number of fused-ring (bicyclic) bond motifs is 3. The number of hydrogen-bond donors (Lipinski definition) is 4. The lowest BCUT2D eigenvalue weighted by atomic mass is 9.52. The summed E-state index contributed by atoms with van der Waals surface area (Å²) in [6.45, 7) is 5.40. The number of aliphatic hydroxyl groups is 2. The topological polar surface area (TPSA) is 115 Å². The van der Waals surface area contributed by atoms with Gasteiger partial charge in [-0.05, 0) is 81.0 Å². The van der Waals surface area contributed by atoms with Crippen LogP contribution in [0.4, 0.5) is 0 Å². The van der Waals surface area contributed by atoms with Crippen LogP contribution in [0.2, 0.25) is 0 Å². The van der Waals surface area contributed by atoms with E-state index in [9.17, 15) is 30.0 Å². The van der Waals surface area contributed by atoms with Crippen LogP contribution in [0, 0.1) is 39.9 Å². The van der Waals surface area contributed by atoms with E-state index in [1.165, 1.54) is 6.92 Å². The number of carboxylic acids is 2. The molecule has 146 valence electrons. The van der Waals surface area contributed by atoms with E-state index in [1.807, 2.05) is 13.8 Å². The number of carboxylic acid groups (broad SMARTS) is 2. The van der Waals surface area contributed by atoms with Gasteiger partial charge in [0.2, 0.25) is 0 Å². The highest BCUT2D eigenvalue weighted by Gasteiger charge is 2.78. The van der Waals surface area contributed by atoms with Gasteiger partial charge in [-0.3, -0.25) is 9.59 Å². The molecule has 0 aromatic carbocycles. The van der Waals surface area contributed by atoms with E-state index in [1.54, 1.807) is 0 Å². The molecule has 0 radical (unpaired) electrons. The van der Waals surface area contributed by atoms with Crippen LogP contribution in [-0.2, 0) is 9.59 Å². The molecule has 6 heteroatoms. The molecule has 9 atom stereocenters. The van der Waals surface area contributed by atoms with Crippen molar-refractivity contribution in [3.8, 4) is 0 Å². The van der Waals surface area contributed by atoms with Crippen molar-refractivity contribution in [3.63, 3.8) is 0 Å². The van der Waals surface area contributed by atoms with Gasteiger partial charge in [0, 0.05) is 0 Å². The van der Waals surface area contributed by atoms with Crippen LogP contribution in [0.5, 0.6) is 0 Å². The average molecular weight is 366 g/mol. The zero-order valence-corrected chi connectivity index (χ0v) is 15.7. The van der Waals surface area contributed by atoms with Crippen LogP contribution in [-0.4, -0.2) is 44.1 Å². The summed E-state index contributed by atoms with van der Waals surface area (Å²) in [5.41, 5.74) is -3.39. The highest BCUT2D eigenvalue weighted by Crippen LogP contribution is 2.78. The summed E-state index contributed by atoms with van der Waals surface area (Å²) < 4.78 is 0. The maximum absolute atomic E-state index is 12.5. The predicted molar refractivity (Wildman–Crippen MR) is 92.2 cm³/mol. The second-order valence-corrected chi connectivity index (χ2v) is 10.2. The molecule has 0 heterocycles. The monoisotopic (exact) mass is 366 g/mol. The molecule has 4 N–H and O–H groups in total. The molecule has 0 aromatic rings. The molecule has 0 saturated heterocycles. The number of carbonyl (C=O) groups is 2. The van der Waals surface area contributed by atoms with Crippen molar-refractivity contribution in [1.29, 1.82) is 0 Å². The Hall–Kier alpha value is -1.14. The van der Waals surface area contributed by atoms with Crippen LogP contribution in [0.3, 0.4) is 0 Å². The van der Waals surface area contributed by atoms with Crippen LogP contribution < -0.4 is 0 Å². The Balaban J connectivity index is 1.94. The van der Waals surface area contributed by atoms with Gasteiger partial charge in [0.25, 0.3) is 0 Å². The fraction of sp³-hybridized carbons (Fsp3) is 0.900. The maximum Gasteiger partial charge on any atom is 0.312 e. The van der Waals surface area contributed by atoms with E-state index in [2.05, 4.69) is 0 Å². The minimum absolute atomic E-state index is 0.0744. The molecule has 0 aromatic heterocycles. The summed E-state index contributed by atoms with van der Waals surface area (Å²) in [5.74, 6) is -3.40. The minimum Gasteiger partial charge on any atom is -0.481 e. The second kappa shape index (κ2) is 5.02. The van der Waals surface area contributed by atoms with Crippen molar-refractivity contribution in [3.05, 3.63) is 0 Å². The Bertz CT molecular complexity index is 673. The van der Waals surface area contributed by atoms with Gasteiger partial charge < -0.3 is 20.4 Å². The van der Waals surface area contributed by atoms with Crippen molar-refractivity contribution < 1.29 is 30.0 Å². The summed E-state index contributed by atoms with van der Waals surface area (Å²) in [7, 11) is 0. The molecule has 1 spiro atoms. The third-order valence-corrected chi connectivity index (χ3v) is 9.17. The summed E-state index contributed by atoms with van der Waals surface area (Å²) in [5, 5.41) is 41.9. The maximum atomic E-state index is 12.5. The van der Waals surface area contributed by atoms with E-state index in [0.717, 1.165) is 12.8 Å². The number of hydrogen-bond acceptors (Lipinski definition) is 4. The molecule has 9 unspecified atom stereocenters. The van der Waals surface area contributed by atoms with E-state index in [-0.39, 0.29) is 11.8 Å². The van der Waals surface area contributed by atoms with E-state index in [0.29, 0.717) is 25.7 Å². The lowest BCUT2D eigenvalue weighted by Crippen LogP contribution is -2.57. The van der Waals surface area contributed by atoms with Crippen molar-refractivity contribution >= 4 is 11.9 Å². The quantitative estimate of drug-likeness (QED) is 0.595. The fourth-order valence-electron chi connectivity index (χ4n) is 8.24. The van der Waals surface area contributed by atoms with Gasteiger partial charge in [-0.2, -0.15) is 0 Å². The third-order valence-electron chi connectivity index (χ3n) is 9.17. The Morgan fingerprint density at radius 2 is 1.69 bits per heavy atom. The highest BCUT2D eigenvalue weighted by atomic mass is 16.4. The standard InChI is InChI=1S/C20H30O6/c1-17-7-6-12(21)19(3,16(24)25)14(17)13(15(22)23)20-8-10(4-5-11(17)20)18(2,26)9-20/h10-14,21,26H,4-9H2,1-3H3,(H,22,23)(H,24,25). The lowest BCUT2D eigenvalue weighted by Gasteiger charge is -2.52. The summed E-state index contributed by atoms with van der Waals surface area (Å²) in [6.07, 6.45) is 2.75. The van der Waals surface area contributed by atoms with Crippen LogP contribution in [0.15, 0.2) is 0 Å². The van der Waals surface area contributed by atoms with Crippen molar-refractivity contribution in [2.24, 2.45) is 39.9 Å². The number of aliphatic carboxylic acids is 2. The van der Waals surface area contributed by atoms with Gasteiger partial charge in [0.1, 0.15) is 0 Å². The summed E-state index contributed by atoms with van der Waals surface area (Å²) in [4.78, 5) is 24.8. The molecule has 4 saturated carbocycles. The van der Waals surface area contributed by atoms with Crippen LogP contribution in [0.25, 0.3) is 0 Å². The molecule has 6 nitrogen and oxygen atoms in total. The number of rotatable bonds is 2. The van der Waals surface area contributed by atoms with E-state index >= 15 is 0 Å². The first-order valence-corrected chi connectivity index (χ1v) is 9.78. The van der Waals surface area contributed by atoms with Crippen molar-refractivity contribution in [2.75, 3.05) is 0 Å². The Labute approximate surface area is 153 Å². The lowest BCUT2D eigenvalue weighted by molar-refractivity contribution is -0.182. The largest absolute Gasteiger partial charge is 0.481 e. The molecule has 0 amide bonds. The summed E-state index contributed by atoms with van der Waals surface area (Å²) in [6, 6.07) is 0. The van der Waals surface area contributed by atoms with Crippen LogP contribution in [0.1, 0.15) is 59.3 Å². The number of aliphatic hydroxyl groups excluding tert-OH is 1. The molecule has 4 aliphatic carbocycles. The van der Waals surface area contributed by atoms with E-state index in [4.69, 9.17) is 0 Å². The molecule has 26 heavy (non-hydrogen) atoms. The fourth-order valence-corrected chi connectivity index (χ4v) is 8.24.